The fraction of sp³-hybridized carbons (Fsp3) is 1.00. The van der Waals surface area contributed by atoms with Gasteiger partial charge in [0.05, 0.1) is 6.61 Å². The third-order valence-electron chi connectivity index (χ3n) is 4.09. The van der Waals surface area contributed by atoms with Gasteiger partial charge in [-0.3, -0.25) is 0 Å². The second kappa shape index (κ2) is 9.86. The third kappa shape index (κ3) is 6.39. The van der Waals surface area contributed by atoms with E-state index in [0.29, 0.717) is 5.92 Å². The van der Waals surface area contributed by atoms with Gasteiger partial charge < -0.3 is 16.2 Å². The van der Waals surface area contributed by atoms with Crippen molar-refractivity contribution in [3.8, 4) is 0 Å². The predicted molar refractivity (Wildman–Crippen MR) is 75.0 cm³/mol. The molecule has 0 spiro atoms. The minimum absolute atomic E-state index is 0.287. The smallest absolute Gasteiger partial charge is 0.0522 e. The normalized spacial score (nSPS) is 13.9. The van der Waals surface area contributed by atoms with Gasteiger partial charge in [-0.25, -0.2) is 0 Å². The summed E-state index contributed by atoms with van der Waals surface area (Å²) in [5.41, 5.74) is 11.6. The van der Waals surface area contributed by atoms with Crippen LogP contribution in [-0.2, 0) is 4.74 Å². The molecule has 0 amide bonds. The number of hydrogen-bond donors (Lipinski definition) is 2. The highest BCUT2D eigenvalue weighted by Gasteiger charge is 2.25. The summed E-state index contributed by atoms with van der Waals surface area (Å²) in [6, 6.07) is 0. The van der Waals surface area contributed by atoms with E-state index in [1.165, 1.54) is 0 Å². The van der Waals surface area contributed by atoms with Crippen LogP contribution in [0.4, 0.5) is 0 Å². The number of hydrogen-bond acceptors (Lipinski definition) is 3. The highest BCUT2D eigenvalue weighted by atomic mass is 16.5. The van der Waals surface area contributed by atoms with Crippen molar-refractivity contribution >= 4 is 0 Å². The average Bonchev–Trinajstić information content (AvgIpc) is 2.36. The maximum atomic E-state index is 5.93. The lowest BCUT2D eigenvalue weighted by atomic mass is 9.80. The predicted octanol–water partition coefficient (Wildman–Crippen LogP) is 2.53. The summed E-state index contributed by atoms with van der Waals surface area (Å²) in [5, 5.41) is 0. The van der Waals surface area contributed by atoms with Crippen molar-refractivity contribution in [3.05, 3.63) is 0 Å². The number of ether oxygens (including phenoxy) is 1. The van der Waals surface area contributed by atoms with Crippen LogP contribution in [0.2, 0.25) is 0 Å². The molecular formula is C14H32N2O. The number of rotatable bonds is 11. The molecule has 104 valence electrons. The highest BCUT2D eigenvalue weighted by molar-refractivity contribution is 4.76. The standard InChI is InChI=1S/C14H32N2O/c1-4-13(7-9-15)11-17-12-14(5-2,6-3)8-10-16/h13H,4-12,15-16H2,1-3H3. The van der Waals surface area contributed by atoms with Crippen molar-refractivity contribution in [2.24, 2.45) is 22.8 Å². The van der Waals surface area contributed by atoms with Crippen LogP contribution in [0.3, 0.4) is 0 Å². The Bertz CT molecular complexity index is 170. The molecular weight excluding hydrogens is 212 g/mol. The molecule has 0 saturated carbocycles. The molecule has 0 aromatic heterocycles. The number of nitrogens with two attached hydrogens (primary N) is 2. The zero-order valence-electron chi connectivity index (χ0n) is 12.0. The first-order chi connectivity index (χ1) is 8.17. The van der Waals surface area contributed by atoms with E-state index in [1.54, 1.807) is 0 Å². The molecule has 0 fully saturated rings. The summed E-state index contributed by atoms with van der Waals surface area (Å²) in [6.45, 7) is 9.89. The lowest BCUT2D eigenvalue weighted by molar-refractivity contribution is 0.0146. The highest BCUT2D eigenvalue weighted by Crippen LogP contribution is 2.30. The average molecular weight is 244 g/mol. The molecule has 4 N–H and O–H groups in total. The van der Waals surface area contributed by atoms with Gasteiger partial charge in [-0.15, -0.1) is 0 Å². The van der Waals surface area contributed by atoms with Crippen LogP contribution in [0.5, 0.6) is 0 Å². The first kappa shape index (κ1) is 16.9. The maximum absolute atomic E-state index is 5.93. The van der Waals surface area contributed by atoms with E-state index >= 15 is 0 Å². The zero-order chi connectivity index (χ0) is 13.1. The topological polar surface area (TPSA) is 61.3 Å². The molecule has 3 nitrogen and oxygen atoms in total. The lowest BCUT2D eigenvalue weighted by Crippen LogP contribution is -2.30. The molecule has 0 bridgehead atoms. The van der Waals surface area contributed by atoms with E-state index in [4.69, 9.17) is 16.2 Å². The van der Waals surface area contributed by atoms with Gasteiger partial charge in [0.1, 0.15) is 0 Å². The van der Waals surface area contributed by atoms with E-state index in [1.807, 2.05) is 0 Å². The maximum Gasteiger partial charge on any atom is 0.0522 e. The molecule has 0 aliphatic carbocycles. The largest absolute Gasteiger partial charge is 0.381 e. The fourth-order valence-corrected chi connectivity index (χ4v) is 2.27. The van der Waals surface area contributed by atoms with Gasteiger partial charge in [0.2, 0.25) is 0 Å². The van der Waals surface area contributed by atoms with E-state index in [9.17, 15) is 0 Å². The van der Waals surface area contributed by atoms with Crippen LogP contribution in [0, 0.1) is 11.3 Å². The van der Waals surface area contributed by atoms with Crippen LogP contribution in [0.25, 0.3) is 0 Å². The molecule has 1 atom stereocenters. The van der Waals surface area contributed by atoms with Gasteiger partial charge in [-0.2, -0.15) is 0 Å². The summed E-state index contributed by atoms with van der Waals surface area (Å²) in [4.78, 5) is 0. The van der Waals surface area contributed by atoms with E-state index in [2.05, 4.69) is 20.8 Å². The molecule has 0 radical (unpaired) electrons. The molecule has 0 heterocycles. The Morgan fingerprint density at radius 3 is 2.12 bits per heavy atom. The van der Waals surface area contributed by atoms with Crippen molar-refractivity contribution < 1.29 is 4.74 Å². The van der Waals surface area contributed by atoms with Crippen molar-refractivity contribution in [1.82, 2.24) is 0 Å². The van der Waals surface area contributed by atoms with Crippen LogP contribution in [-0.4, -0.2) is 26.3 Å². The minimum Gasteiger partial charge on any atom is -0.381 e. The Balaban J connectivity index is 4.03. The second-order valence-electron chi connectivity index (χ2n) is 5.11. The molecule has 1 unspecified atom stereocenters. The SMILES string of the molecule is CCC(CCN)COCC(CC)(CC)CCN. The Hall–Kier alpha value is -0.120. The van der Waals surface area contributed by atoms with Crippen molar-refractivity contribution in [1.29, 1.82) is 0 Å². The Labute approximate surface area is 107 Å². The summed E-state index contributed by atoms with van der Waals surface area (Å²) < 4.78 is 5.93. The monoisotopic (exact) mass is 244 g/mol. The molecule has 0 saturated heterocycles. The fourth-order valence-electron chi connectivity index (χ4n) is 2.27. The van der Waals surface area contributed by atoms with Crippen LogP contribution >= 0.6 is 0 Å². The van der Waals surface area contributed by atoms with Gasteiger partial charge in [0.25, 0.3) is 0 Å². The molecule has 17 heavy (non-hydrogen) atoms. The van der Waals surface area contributed by atoms with Gasteiger partial charge >= 0.3 is 0 Å². The van der Waals surface area contributed by atoms with E-state index in [0.717, 1.165) is 58.4 Å². The minimum atomic E-state index is 0.287. The zero-order valence-corrected chi connectivity index (χ0v) is 12.0. The Morgan fingerprint density at radius 2 is 1.71 bits per heavy atom. The lowest BCUT2D eigenvalue weighted by Gasteiger charge is -2.31. The third-order valence-corrected chi connectivity index (χ3v) is 4.09. The summed E-state index contributed by atoms with van der Waals surface area (Å²) in [7, 11) is 0. The molecule has 0 rings (SSSR count). The van der Waals surface area contributed by atoms with Crippen LogP contribution in [0.1, 0.15) is 52.9 Å². The van der Waals surface area contributed by atoms with Gasteiger partial charge in [0.15, 0.2) is 0 Å². The molecule has 0 aliphatic rings. The molecule has 0 aromatic rings. The quantitative estimate of drug-likeness (QED) is 0.587. The van der Waals surface area contributed by atoms with Crippen LogP contribution in [0.15, 0.2) is 0 Å². The van der Waals surface area contributed by atoms with Crippen molar-refractivity contribution in [3.63, 3.8) is 0 Å². The van der Waals surface area contributed by atoms with Gasteiger partial charge in [-0.1, -0.05) is 27.2 Å². The molecule has 3 heteroatoms. The molecule has 0 aliphatic heterocycles. The molecule has 0 aromatic carbocycles. The van der Waals surface area contributed by atoms with E-state index < -0.39 is 0 Å². The summed E-state index contributed by atoms with van der Waals surface area (Å²) >= 11 is 0. The van der Waals surface area contributed by atoms with Crippen molar-refractivity contribution in [2.45, 2.75) is 52.9 Å². The first-order valence-corrected chi connectivity index (χ1v) is 7.15. The first-order valence-electron chi connectivity index (χ1n) is 7.15. The summed E-state index contributed by atoms with van der Waals surface area (Å²) in [5.74, 6) is 0.615. The van der Waals surface area contributed by atoms with Crippen molar-refractivity contribution in [2.75, 3.05) is 26.3 Å². The summed E-state index contributed by atoms with van der Waals surface area (Å²) in [6.07, 6.45) is 5.58. The van der Waals surface area contributed by atoms with Gasteiger partial charge in [0, 0.05) is 6.61 Å². The Kier molecular flexibility index (Phi) is 9.79. The van der Waals surface area contributed by atoms with E-state index in [-0.39, 0.29) is 5.41 Å². The Morgan fingerprint density at radius 1 is 1.06 bits per heavy atom. The van der Waals surface area contributed by atoms with Gasteiger partial charge in [-0.05, 0) is 50.1 Å². The second-order valence-corrected chi connectivity index (χ2v) is 5.11. The van der Waals surface area contributed by atoms with Crippen LogP contribution < -0.4 is 11.5 Å².